The lowest BCUT2D eigenvalue weighted by Crippen LogP contribution is -2.41. The number of carboxylic acids is 1. The standard InChI is InChI=1S/C11H12FNO5/c12-8-5-6(15)1-2-7(8)10(16)13-9(3-4-14)11(17)18/h1-2,5,9,14-15H,3-4H2,(H,13,16)(H,17,18). The Bertz CT molecular complexity index is 463. The summed E-state index contributed by atoms with van der Waals surface area (Å²) in [6.07, 6.45) is -0.180. The topological polar surface area (TPSA) is 107 Å². The molecule has 6 nitrogen and oxygen atoms in total. The monoisotopic (exact) mass is 257 g/mol. The molecule has 0 aliphatic carbocycles. The van der Waals surface area contributed by atoms with Gasteiger partial charge in [-0.2, -0.15) is 0 Å². The molecule has 0 aromatic heterocycles. The van der Waals surface area contributed by atoms with E-state index in [1.807, 2.05) is 0 Å². The SMILES string of the molecule is O=C(NC(CCO)C(=O)O)c1ccc(O)cc1F. The minimum Gasteiger partial charge on any atom is -0.508 e. The number of phenols is 1. The summed E-state index contributed by atoms with van der Waals surface area (Å²) in [4.78, 5) is 22.3. The number of carbonyl (C=O) groups excluding carboxylic acids is 1. The van der Waals surface area contributed by atoms with Gasteiger partial charge in [0.1, 0.15) is 17.6 Å². The van der Waals surface area contributed by atoms with Crippen LogP contribution in [0, 0.1) is 5.82 Å². The van der Waals surface area contributed by atoms with Gasteiger partial charge in [-0.25, -0.2) is 9.18 Å². The van der Waals surface area contributed by atoms with Crippen molar-refractivity contribution >= 4 is 11.9 Å². The maximum Gasteiger partial charge on any atom is 0.326 e. The number of halogens is 1. The molecule has 0 aliphatic heterocycles. The largest absolute Gasteiger partial charge is 0.508 e. The van der Waals surface area contributed by atoms with Gasteiger partial charge in [0.25, 0.3) is 5.91 Å². The molecule has 0 fully saturated rings. The van der Waals surface area contributed by atoms with Gasteiger partial charge in [0, 0.05) is 19.1 Å². The summed E-state index contributed by atoms with van der Waals surface area (Å²) in [5.74, 6) is -3.54. The highest BCUT2D eigenvalue weighted by Gasteiger charge is 2.21. The molecule has 1 aromatic carbocycles. The maximum absolute atomic E-state index is 13.3. The van der Waals surface area contributed by atoms with Crippen molar-refractivity contribution in [2.24, 2.45) is 0 Å². The molecular formula is C11H12FNO5. The summed E-state index contributed by atoms with van der Waals surface area (Å²) in [6, 6.07) is 1.60. The summed E-state index contributed by atoms with van der Waals surface area (Å²) >= 11 is 0. The molecule has 0 saturated carbocycles. The number of aliphatic hydroxyl groups is 1. The average molecular weight is 257 g/mol. The molecule has 18 heavy (non-hydrogen) atoms. The molecule has 1 unspecified atom stereocenters. The fraction of sp³-hybridized carbons (Fsp3) is 0.273. The van der Waals surface area contributed by atoms with Crippen molar-refractivity contribution < 1.29 is 29.3 Å². The number of phenolic OH excluding ortho intramolecular Hbond substituents is 1. The normalized spacial score (nSPS) is 11.9. The second kappa shape index (κ2) is 5.97. The van der Waals surface area contributed by atoms with Crippen LogP contribution in [0.25, 0.3) is 0 Å². The zero-order valence-corrected chi connectivity index (χ0v) is 9.26. The van der Waals surface area contributed by atoms with Crippen LogP contribution in [0.5, 0.6) is 5.75 Å². The molecule has 0 heterocycles. The third-order valence-corrected chi connectivity index (χ3v) is 2.22. The van der Waals surface area contributed by atoms with Crippen LogP contribution < -0.4 is 5.32 Å². The van der Waals surface area contributed by atoms with Gasteiger partial charge in [0.15, 0.2) is 0 Å². The molecule has 0 bridgehead atoms. The van der Waals surface area contributed by atoms with Crippen LogP contribution in [0.15, 0.2) is 18.2 Å². The van der Waals surface area contributed by atoms with E-state index in [0.29, 0.717) is 0 Å². The summed E-state index contributed by atoms with van der Waals surface area (Å²) in [5.41, 5.74) is -0.378. The lowest BCUT2D eigenvalue weighted by atomic mass is 10.1. The van der Waals surface area contributed by atoms with E-state index < -0.39 is 30.3 Å². The van der Waals surface area contributed by atoms with Crippen LogP contribution in [-0.2, 0) is 4.79 Å². The van der Waals surface area contributed by atoms with Gasteiger partial charge in [0.2, 0.25) is 0 Å². The molecule has 0 radical (unpaired) electrons. The Hall–Kier alpha value is -2.15. The zero-order chi connectivity index (χ0) is 13.7. The smallest absolute Gasteiger partial charge is 0.326 e. The van der Waals surface area contributed by atoms with E-state index in [2.05, 4.69) is 5.32 Å². The number of hydrogen-bond acceptors (Lipinski definition) is 4. The lowest BCUT2D eigenvalue weighted by molar-refractivity contribution is -0.139. The first kappa shape index (κ1) is 13.9. The molecular weight excluding hydrogens is 245 g/mol. The van der Waals surface area contributed by atoms with E-state index in [4.69, 9.17) is 15.3 Å². The second-order valence-electron chi connectivity index (χ2n) is 3.54. The quantitative estimate of drug-likeness (QED) is 0.598. The molecule has 4 N–H and O–H groups in total. The lowest BCUT2D eigenvalue weighted by Gasteiger charge is -2.13. The number of hydrogen-bond donors (Lipinski definition) is 4. The Morgan fingerprint density at radius 3 is 2.56 bits per heavy atom. The number of nitrogens with one attached hydrogen (secondary N) is 1. The third kappa shape index (κ3) is 3.42. The average Bonchev–Trinajstić information content (AvgIpc) is 2.27. The second-order valence-corrected chi connectivity index (χ2v) is 3.54. The van der Waals surface area contributed by atoms with E-state index >= 15 is 0 Å². The Morgan fingerprint density at radius 2 is 2.06 bits per heavy atom. The van der Waals surface area contributed by atoms with E-state index in [1.54, 1.807) is 0 Å². The predicted octanol–water partition coefficient (Wildman–Crippen LogP) is 0.0967. The third-order valence-electron chi connectivity index (χ3n) is 2.22. The minimum absolute atomic E-state index is 0.180. The van der Waals surface area contributed by atoms with Gasteiger partial charge in [-0.3, -0.25) is 4.79 Å². The van der Waals surface area contributed by atoms with Crippen molar-refractivity contribution in [1.82, 2.24) is 5.32 Å². The van der Waals surface area contributed by atoms with Crippen molar-refractivity contribution in [2.45, 2.75) is 12.5 Å². The first-order valence-corrected chi connectivity index (χ1v) is 5.08. The van der Waals surface area contributed by atoms with Gasteiger partial charge >= 0.3 is 5.97 Å². The fourth-order valence-electron chi connectivity index (χ4n) is 1.31. The van der Waals surface area contributed by atoms with E-state index in [-0.39, 0.29) is 17.7 Å². The molecule has 1 amide bonds. The van der Waals surface area contributed by atoms with Crippen LogP contribution in [0.1, 0.15) is 16.8 Å². The van der Waals surface area contributed by atoms with Crippen molar-refractivity contribution in [1.29, 1.82) is 0 Å². The number of carbonyl (C=O) groups is 2. The Labute approximate surface area is 102 Å². The van der Waals surface area contributed by atoms with Gasteiger partial charge in [0.05, 0.1) is 5.56 Å². The Balaban J connectivity index is 2.83. The molecule has 1 rings (SSSR count). The number of benzene rings is 1. The van der Waals surface area contributed by atoms with Crippen LogP contribution in [0.3, 0.4) is 0 Å². The van der Waals surface area contributed by atoms with Crippen molar-refractivity contribution in [2.75, 3.05) is 6.61 Å². The van der Waals surface area contributed by atoms with Crippen LogP contribution in [0.4, 0.5) is 4.39 Å². The molecule has 1 aromatic rings. The number of carboxylic acid groups (broad SMARTS) is 1. The summed E-state index contributed by atoms with van der Waals surface area (Å²) < 4.78 is 13.3. The Kier molecular flexibility index (Phi) is 4.61. The number of aliphatic hydroxyl groups excluding tert-OH is 1. The molecule has 1 atom stereocenters. The molecule has 0 spiro atoms. The predicted molar refractivity (Wildman–Crippen MR) is 58.7 cm³/mol. The fourth-order valence-corrected chi connectivity index (χ4v) is 1.31. The van der Waals surface area contributed by atoms with E-state index in [1.165, 1.54) is 0 Å². The highest BCUT2D eigenvalue weighted by molar-refractivity contribution is 5.96. The van der Waals surface area contributed by atoms with Gasteiger partial charge in [-0.1, -0.05) is 0 Å². The van der Waals surface area contributed by atoms with Crippen molar-refractivity contribution in [3.8, 4) is 5.75 Å². The number of aliphatic carboxylic acids is 1. The van der Waals surface area contributed by atoms with Crippen LogP contribution in [0.2, 0.25) is 0 Å². The van der Waals surface area contributed by atoms with E-state index in [0.717, 1.165) is 18.2 Å². The number of amides is 1. The first-order chi connectivity index (χ1) is 8.45. The Morgan fingerprint density at radius 1 is 1.39 bits per heavy atom. The summed E-state index contributed by atoms with van der Waals surface area (Å²) in [5, 5.41) is 28.4. The van der Waals surface area contributed by atoms with Gasteiger partial charge in [-0.05, 0) is 12.1 Å². The molecule has 98 valence electrons. The molecule has 7 heteroatoms. The van der Waals surface area contributed by atoms with Crippen LogP contribution >= 0.6 is 0 Å². The van der Waals surface area contributed by atoms with Crippen molar-refractivity contribution in [3.63, 3.8) is 0 Å². The highest BCUT2D eigenvalue weighted by Crippen LogP contribution is 2.15. The zero-order valence-electron chi connectivity index (χ0n) is 9.26. The van der Waals surface area contributed by atoms with Gasteiger partial charge in [-0.15, -0.1) is 0 Å². The van der Waals surface area contributed by atoms with E-state index in [9.17, 15) is 14.0 Å². The molecule has 0 saturated heterocycles. The van der Waals surface area contributed by atoms with Gasteiger partial charge < -0.3 is 20.6 Å². The van der Waals surface area contributed by atoms with Crippen LogP contribution in [-0.4, -0.2) is 39.8 Å². The minimum atomic E-state index is -1.32. The number of rotatable bonds is 5. The summed E-state index contributed by atoms with van der Waals surface area (Å²) in [6.45, 7) is -0.421. The maximum atomic E-state index is 13.3. The molecule has 0 aliphatic rings. The summed E-state index contributed by atoms with van der Waals surface area (Å²) in [7, 11) is 0. The van der Waals surface area contributed by atoms with Crippen molar-refractivity contribution in [3.05, 3.63) is 29.6 Å². The first-order valence-electron chi connectivity index (χ1n) is 5.08. The highest BCUT2D eigenvalue weighted by atomic mass is 19.1. The number of aromatic hydroxyl groups is 1.